The van der Waals surface area contributed by atoms with Crippen LogP contribution in [0.2, 0.25) is 0 Å². The van der Waals surface area contributed by atoms with Gasteiger partial charge in [-0.15, -0.1) is 0 Å². The van der Waals surface area contributed by atoms with Gasteiger partial charge in [-0.3, -0.25) is 5.10 Å². The summed E-state index contributed by atoms with van der Waals surface area (Å²) >= 11 is 0. The van der Waals surface area contributed by atoms with E-state index >= 15 is 0 Å². The summed E-state index contributed by atoms with van der Waals surface area (Å²) < 4.78 is 0. The third kappa shape index (κ3) is 1.52. The van der Waals surface area contributed by atoms with E-state index in [4.69, 9.17) is 0 Å². The molecule has 1 aliphatic heterocycles. The summed E-state index contributed by atoms with van der Waals surface area (Å²) in [5.41, 5.74) is 0.776. The second-order valence-corrected chi connectivity index (χ2v) is 3.69. The van der Waals surface area contributed by atoms with Crippen LogP contribution >= 0.6 is 0 Å². The Morgan fingerprint density at radius 1 is 1.40 bits per heavy atom. The van der Waals surface area contributed by atoms with E-state index in [2.05, 4.69) is 30.8 Å². The fourth-order valence-corrected chi connectivity index (χ4v) is 1.85. The number of nitrogens with zero attached hydrogens (tertiary/aromatic N) is 3. The predicted octanol–water partition coefficient (Wildman–Crippen LogP) is 0.127. The lowest BCUT2D eigenvalue weighted by Crippen LogP contribution is -2.22. The second kappa shape index (κ2) is 3.47. The van der Waals surface area contributed by atoms with Gasteiger partial charge in [-0.2, -0.15) is 5.10 Å². The van der Waals surface area contributed by atoms with Gasteiger partial charge < -0.3 is 10.6 Å². The maximum Gasteiger partial charge on any atom is 0.160 e. The molecule has 6 nitrogen and oxygen atoms in total. The smallest absolute Gasteiger partial charge is 0.160 e. The van der Waals surface area contributed by atoms with Crippen molar-refractivity contribution in [1.29, 1.82) is 0 Å². The predicted molar refractivity (Wildman–Crippen MR) is 56.6 cm³/mol. The van der Waals surface area contributed by atoms with Crippen LogP contribution in [0.4, 0.5) is 5.82 Å². The molecule has 0 radical (unpaired) electrons. The molecule has 0 unspecified atom stereocenters. The highest BCUT2D eigenvalue weighted by atomic mass is 15.2. The molecule has 0 bridgehead atoms. The van der Waals surface area contributed by atoms with Crippen molar-refractivity contribution < 1.29 is 0 Å². The third-order valence-corrected chi connectivity index (χ3v) is 2.65. The summed E-state index contributed by atoms with van der Waals surface area (Å²) in [6, 6.07) is 0.456. The van der Waals surface area contributed by atoms with Crippen LogP contribution in [0.15, 0.2) is 12.5 Å². The van der Waals surface area contributed by atoms with Crippen LogP contribution < -0.4 is 10.6 Å². The molecule has 1 atom stereocenters. The molecule has 0 aliphatic carbocycles. The number of aromatic amines is 1. The van der Waals surface area contributed by atoms with Gasteiger partial charge in [-0.25, -0.2) is 9.97 Å². The zero-order valence-corrected chi connectivity index (χ0v) is 8.20. The number of H-pyrrole nitrogens is 1. The fourth-order valence-electron chi connectivity index (χ4n) is 1.85. The first-order valence-electron chi connectivity index (χ1n) is 5.05. The van der Waals surface area contributed by atoms with E-state index in [0.29, 0.717) is 6.04 Å². The van der Waals surface area contributed by atoms with E-state index in [-0.39, 0.29) is 0 Å². The van der Waals surface area contributed by atoms with E-state index in [9.17, 15) is 0 Å². The Hall–Kier alpha value is -1.69. The van der Waals surface area contributed by atoms with Crippen LogP contribution in [0.25, 0.3) is 11.0 Å². The first-order valence-corrected chi connectivity index (χ1v) is 5.05. The lowest BCUT2D eigenvalue weighted by molar-refractivity contribution is 0.789. The number of fused-ring (bicyclic) bond motifs is 1. The van der Waals surface area contributed by atoms with Gasteiger partial charge in [0.25, 0.3) is 0 Å². The largest absolute Gasteiger partial charge is 0.365 e. The van der Waals surface area contributed by atoms with Crippen LogP contribution in [0.1, 0.15) is 6.42 Å². The Labute approximate surface area is 86.5 Å². The van der Waals surface area contributed by atoms with Crippen molar-refractivity contribution >= 4 is 16.9 Å². The molecular formula is C9H12N6. The normalized spacial score (nSPS) is 20.9. The van der Waals surface area contributed by atoms with Crippen molar-refractivity contribution in [2.45, 2.75) is 12.5 Å². The highest BCUT2D eigenvalue weighted by molar-refractivity contribution is 5.85. The zero-order valence-electron chi connectivity index (χ0n) is 8.20. The number of hydrogen-bond donors (Lipinski definition) is 3. The molecule has 1 saturated heterocycles. The summed E-state index contributed by atoms with van der Waals surface area (Å²) in [6.07, 6.45) is 4.43. The maximum atomic E-state index is 4.23. The molecule has 15 heavy (non-hydrogen) atoms. The van der Waals surface area contributed by atoms with Gasteiger partial charge in [0.05, 0.1) is 11.6 Å². The Bertz CT molecular complexity index is 458. The summed E-state index contributed by atoms with van der Waals surface area (Å²) in [5, 5.41) is 14.4. The molecule has 0 aromatic carbocycles. The van der Waals surface area contributed by atoms with E-state index < -0.39 is 0 Å². The zero-order chi connectivity index (χ0) is 10.1. The van der Waals surface area contributed by atoms with Crippen LogP contribution in [-0.2, 0) is 0 Å². The minimum atomic E-state index is 0.456. The number of rotatable bonds is 2. The van der Waals surface area contributed by atoms with Crippen LogP contribution in [0.5, 0.6) is 0 Å². The SMILES string of the molecule is c1nc(N[C@@H]2CCNC2)c2cn[nH]c2n1. The lowest BCUT2D eigenvalue weighted by atomic mass is 10.2. The van der Waals surface area contributed by atoms with Gasteiger partial charge in [0, 0.05) is 12.6 Å². The Morgan fingerprint density at radius 3 is 3.27 bits per heavy atom. The molecule has 0 spiro atoms. The molecular weight excluding hydrogens is 192 g/mol. The quantitative estimate of drug-likeness (QED) is 0.648. The molecule has 3 heterocycles. The molecule has 0 saturated carbocycles. The van der Waals surface area contributed by atoms with E-state index in [0.717, 1.165) is 36.4 Å². The van der Waals surface area contributed by atoms with Gasteiger partial charge in [0.1, 0.15) is 12.1 Å². The van der Waals surface area contributed by atoms with Gasteiger partial charge >= 0.3 is 0 Å². The van der Waals surface area contributed by atoms with Crippen LogP contribution in [0, 0.1) is 0 Å². The number of anilines is 1. The summed E-state index contributed by atoms with van der Waals surface area (Å²) in [7, 11) is 0. The molecule has 2 aromatic heterocycles. The molecule has 1 aliphatic rings. The van der Waals surface area contributed by atoms with E-state index in [1.54, 1.807) is 12.5 Å². The van der Waals surface area contributed by atoms with Gasteiger partial charge in [0.15, 0.2) is 5.65 Å². The van der Waals surface area contributed by atoms with Gasteiger partial charge in [0.2, 0.25) is 0 Å². The number of hydrogen-bond acceptors (Lipinski definition) is 5. The molecule has 3 rings (SSSR count). The van der Waals surface area contributed by atoms with Gasteiger partial charge in [-0.05, 0) is 13.0 Å². The fraction of sp³-hybridized carbons (Fsp3) is 0.444. The average molecular weight is 204 g/mol. The third-order valence-electron chi connectivity index (χ3n) is 2.65. The van der Waals surface area contributed by atoms with Crippen LogP contribution in [0.3, 0.4) is 0 Å². The Kier molecular flexibility index (Phi) is 1.99. The number of aromatic nitrogens is 4. The maximum absolute atomic E-state index is 4.23. The molecule has 1 fully saturated rings. The van der Waals surface area contributed by atoms with Crippen molar-refractivity contribution in [3.05, 3.63) is 12.5 Å². The summed E-state index contributed by atoms with van der Waals surface area (Å²) in [6.45, 7) is 2.06. The average Bonchev–Trinajstić information content (AvgIpc) is 2.87. The lowest BCUT2D eigenvalue weighted by Gasteiger charge is -2.11. The minimum absolute atomic E-state index is 0.456. The molecule has 3 N–H and O–H groups in total. The van der Waals surface area contributed by atoms with Crippen molar-refractivity contribution in [2.75, 3.05) is 18.4 Å². The monoisotopic (exact) mass is 204 g/mol. The molecule has 78 valence electrons. The topological polar surface area (TPSA) is 78.5 Å². The standard InChI is InChI=1S/C9H12N6/c1-2-10-3-6(1)14-8-7-4-13-15-9(7)12-5-11-8/h4-6,10H,1-3H2,(H2,11,12,13,14,15)/t6-/m1/s1. The van der Waals surface area contributed by atoms with Crippen molar-refractivity contribution in [1.82, 2.24) is 25.5 Å². The second-order valence-electron chi connectivity index (χ2n) is 3.69. The molecule has 2 aromatic rings. The first kappa shape index (κ1) is 8.60. The molecule has 0 amide bonds. The van der Waals surface area contributed by atoms with Gasteiger partial charge in [-0.1, -0.05) is 0 Å². The number of nitrogens with one attached hydrogen (secondary N) is 3. The van der Waals surface area contributed by atoms with Crippen molar-refractivity contribution in [3.8, 4) is 0 Å². The Morgan fingerprint density at radius 2 is 2.40 bits per heavy atom. The highest BCUT2D eigenvalue weighted by Gasteiger charge is 2.15. The summed E-state index contributed by atoms with van der Waals surface area (Å²) in [4.78, 5) is 8.32. The minimum Gasteiger partial charge on any atom is -0.365 e. The first-order chi connectivity index (χ1) is 7.43. The summed E-state index contributed by atoms with van der Waals surface area (Å²) in [5.74, 6) is 0.863. The van der Waals surface area contributed by atoms with Crippen molar-refractivity contribution in [3.63, 3.8) is 0 Å². The van der Waals surface area contributed by atoms with E-state index in [1.807, 2.05) is 0 Å². The van der Waals surface area contributed by atoms with Crippen molar-refractivity contribution in [2.24, 2.45) is 0 Å². The Balaban J connectivity index is 1.92. The highest BCUT2D eigenvalue weighted by Crippen LogP contribution is 2.17. The molecule has 6 heteroatoms. The van der Waals surface area contributed by atoms with Crippen LogP contribution in [-0.4, -0.2) is 39.3 Å². The van der Waals surface area contributed by atoms with E-state index in [1.165, 1.54) is 0 Å².